The maximum atomic E-state index is 5.36. The van der Waals surface area contributed by atoms with Crippen LogP contribution in [-0.4, -0.2) is 59.8 Å². The standard InChI is InChI=1S/C19H38N6OS.HI/c1-6-20-18(21-12-8-9-14-26-7-2)22-13-10-11-17-23-24-19(27-5)25(17)15-16(3)4;/h16H,6-15H2,1-5H3,(H2,20,21,22);1H. The van der Waals surface area contributed by atoms with Crippen LogP contribution in [0.5, 0.6) is 0 Å². The van der Waals surface area contributed by atoms with Crippen molar-refractivity contribution in [3.63, 3.8) is 0 Å². The van der Waals surface area contributed by atoms with Crippen LogP contribution >= 0.6 is 35.7 Å². The zero-order chi connectivity index (χ0) is 19.9. The van der Waals surface area contributed by atoms with Crippen molar-refractivity contribution in [1.82, 2.24) is 25.4 Å². The number of hydrogen-bond acceptors (Lipinski definition) is 5. The summed E-state index contributed by atoms with van der Waals surface area (Å²) in [7, 11) is 0. The lowest BCUT2D eigenvalue weighted by Gasteiger charge is -2.12. The van der Waals surface area contributed by atoms with Gasteiger partial charge < -0.3 is 19.9 Å². The molecule has 1 aromatic rings. The van der Waals surface area contributed by atoms with Crippen LogP contribution in [0.15, 0.2) is 10.1 Å². The predicted octanol–water partition coefficient (Wildman–Crippen LogP) is 3.58. The Morgan fingerprint density at radius 1 is 1.18 bits per heavy atom. The Bertz CT molecular complexity index is 538. The fourth-order valence-corrected chi connectivity index (χ4v) is 3.18. The number of rotatable bonds is 14. The van der Waals surface area contributed by atoms with Gasteiger partial charge in [0.2, 0.25) is 0 Å². The fraction of sp³-hybridized carbons (Fsp3) is 0.842. The van der Waals surface area contributed by atoms with Crippen LogP contribution in [0.3, 0.4) is 0 Å². The molecule has 0 aromatic carbocycles. The number of ether oxygens (including phenoxy) is 1. The van der Waals surface area contributed by atoms with Crippen molar-refractivity contribution >= 4 is 41.7 Å². The number of thioether (sulfide) groups is 1. The van der Waals surface area contributed by atoms with Gasteiger partial charge in [0.1, 0.15) is 5.82 Å². The molecule has 0 saturated heterocycles. The molecule has 0 unspecified atom stereocenters. The number of aliphatic imine (C=N–C) groups is 1. The van der Waals surface area contributed by atoms with E-state index in [9.17, 15) is 0 Å². The number of halogens is 1. The Balaban J connectivity index is 0.00000729. The maximum Gasteiger partial charge on any atom is 0.191 e. The van der Waals surface area contributed by atoms with Gasteiger partial charge in [-0.1, -0.05) is 25.6 Å². The van der Waals surface area contributed by atoms with Crippen molar-refractivity contribution in [2.45, 2.75) is 65.1 Å². The average molecular weight is 527 g/mol. The molecule has 1 heterocycles. The van der Waals surface area contributed by atoms with E-state index in [1.54, 1.807) is 11.8 Å². The Labute approximate surface area is 192 Å². The molecule has 0 aliphatic carbocycles. The van der Waals surface area contributed by atoms with Gasteiger partial charge in [0.25, 0.3) is 0 Å². The van der Waals surface area contributed by atoms with E-state index in [-0.39, 0.29) is 24.0 Å². The van der Waals surface area contributed by atoms with Crippen LogP contribution in [0.2, 0.25) is 0 Å². The van der Waals surface area contributed by atoms with Crippen molar-refractivity contribution in [2.24, 2.45) is 10.9 Å². The molecule has 1 rings (SSSR count). The highest BCUT2D eigenvalue weighted by molar-refractivity contribution is 14.0. The monoisotopic (exact) mass is 526 g/mol. The fourth-order valence-electron chi connectivity index (χ4n) is 2.65. The van der Waals surface area contributed by atoms with E-state index in [1.165, 1.54) is 0 Å². The van der Waals surface area contributed by atoms with E-state index < -0.39 is 0 Å². The first-order valence-electron chi connectivity index (χ1n) is 10.2. The van der Waals surface area contributed by atoms with E-state index in [4.69, 9.17) is 4.74 Å². The Kier molecular flexibility index (Phi) is 17.0. The third kappa shape index (κ3) is 11.5. The summed E-state index contributed by atoms with van der Waals surface area (Å²) in [6, 6.07) is 0. The van der Waals surface area contributed by atoms with Crippen molar-refractivity contribution in [3.05, 3.63) is 5.82 Å². The smallest absolute Gasteiger partial charge is 0.191 e. The van der Waals surface area contributed by atoms with Crippen LogP contribution in [0, 0.1) is 5.92 Å². The highest BCUT2D eigenvalue weighted by Gasteiger charge is 2.12. The summed E-state index contributed by atoms with van der Waals surface area (Å²) in [5, 5.41) is 16.4. The number of nitrogens with one attached hydrogen (secondary N) is 2. The second-order valence-corrected chi connectivity index (χ2v) is 7.58. The second-order valence-electron chi connectivity index (χ2n) is 6.80. The summed E-state index contributed by atoms with van der Waals surface area (Å²) in [6.45, 7) is 13.7. The molecule has 0 radical (unpaired) electrons. The molecule has 9 heteroatoms. The van der Waals surface area contributed by atoms with Crippen molar-refractivity contribution in [3.8, 4) is 0 Å². The van der Waals surface area contributed by atoms with Gasteiger partial charge in [-0.25, -0.2) is 0 Å². The average Bonchev–Trinajstić information content (AvgIpc) is 3.02. The third-order valence-corrected chi connectivity index (χ3v) is 4.58. The van der Waals surface area contributed by atoms with Crippen LogP contribution in [-0.2, 0) is 17.7 Å². The molecule has 1 aromatic heterocycles. The molecule has 0 fully saturated rings. The van der Waals surface area contributed by atoms with E-state index in [0.717, 1.165) is 82.0 Å². The SMILES string of the molecule is CCNC(=NCCCc1nnc(SC)n1CC(C)C)NCCCCOCC.I. The van der Waals surface area contributed by atoms with Crippen LogP contribution in [0.25, 0.3) is 0 Å². The molecule has 164 valence electrons. The molecule has 0 saturated carbocycles. The lowest BCUT2D eigenvalue weighted by molar-refractivity contribution is 0.143. The molecule has 0 bridgehead atoms. The minimum Gasteiger partial charge on any atom is -0.382 e. The summed E-state index contributed by atoms with van der Waals surface area (Å²) >= 11 is 1.66. The van der Waals surface area contributed by atoms with Gasteiger partial charge in [-0.05, 0) is 45.3 Å². The van der Waals surface area contributed by atoms with Gasteiger partial charge in [-0.2, -0.15) is 0 Å². The highest BCUT2D eigenvalue weighted by Crippen LogP contribution is 2.16. The predicted molar refractivity (Wildman–Crippen MR) is 130 cm³/mol. The minimum atomic E-state index is 0. The molecule has 2 N–H and O–H groups in total. The first-order valence-corrected chi connectivity index (χ1v) is 11.4. The molecule has 0 spiro atoms. The van der Waals surface area contributed by atoms with Gasteiger partial charge in [0, 0.05) is 45.8 Å². The summed E-state index contributed by atoms with van der Waals surface area (Å²) < 4.78 is 7.62. The van der Waals surface area contributed by atoms with Crippen LogP contribution in [0.1, 0.15) is 52.8 Å². The van der Waals surface area contributed by atoms with Crippen molar-refractivity contribution in [1.29, 1.82) is 0 Å². The third-order valence-electron chi connectivity index (χ3n) is 3.91. The van der Waals surface area contributed by atoms with E-state index in [1.807, 2.05) is 6.92 Å². The number of guanidine groups is 1. The van der Waals surface area contributed by atoms with Gasteiger partial charge in [0.15, 0.2) is 11.1 Å². The molecule has 0 aliphatic heterocycles. The molecule has 7 nitrogen and oxygen atoms in total. The highest BCUT2D eigenvalue weighted by atomic mass is 127. The summed E-state index contributed by atoms with van der Waals surface area (Å²) in [6.07, 6.45) is 6.07. The minimum absolute atomic E-state index is 0. The number of unbranched alkanes of at least 4 members (excludes halogenated alkanes) is 1. The van der Waals surface area contributed by atoms with Crippen LogP contribution in [0.4, 0.5) is 0 Å². The van der Waals surface area contributed by atoms with E-state index in [0.29, 0.717) is 5.92 Å². The molecule has 0 amide bonds. The first-order chi connectivity index (χ1) is 13.1. The zero-order valence-electron chi connectivity index (χ0n) is 18.2. The zero-order valence-corrected chi connectivity index (χ0v) is 21.3. The topological polar surface area (TPSA) is 76.4 Å². The van der Waals surface area contributed by atoms with Gasteiger partial charge in [0.05, 0.1) is 0 Å². The van der Waals surface area contributed by atoms with Crippen molar-refractivity contribution in [2.75, 3.05) is 39.1 Å². The molecule has 28 heavy (non-hydrogen) atoms. The lowest BCUT2D eigenvalue weighted by atomic mass is 10.2. The Morgan fingerprint density at radius 3 is 2.61 bits per heavy atom. The number of aryl methyl sites for hydroxylation is 1. The molecule has 0 aliphatic rings. The van der Waals surface area contributed by atoms with Gasteiger partial charge in [-0.3, -0.25) is 4.99 Å². The summed E-state index contributed by atoms with van der Waals surface area (Å²) in [5.74, 6) is 2.54. The summed E-state index contributed by atoms with van der Waals surface area (Å²) in [4.78, 5) is 4.68. The normalized spacial score (nSPS) is 11.6. The Morgan fingerprint density at radius 2 is 1.96 bits per heavy atom. The lowest BCUT2D eigenvalue weighted by Crippen LogP contribution is -2.38. The van der Waals surface area contributed by atoms with Gasteiger partial charge >= 0.3 is 0 Å². The Hall–Kier alpha value is -0.550. The second kappa shape index (κ2) is 17.3. The molecular formula is C19H39IN6OS. The number of aromatic nitrogens is 3. The molecular weight excluding hydrogens is 487 g/mol. The first kappa shape index (κ1) is 27.5. The van der Waals surface area contributed by atoms with Gasteiger partial charge in [-0.15, -0.1) is 34.2 Å². The quantitative estimate of drug-likeness (QED) is 0.127. The summed E-state index contributed by atoms with van der Waals surface area (Å²) in [5.41, 5.74) is 0. The number of nitrogens with zero attached hydrogens (tertiary/aromatic N) is 4. The molecule has 0 atom stereocenters. The maximum absolute atomic E-state index is 5.36. The van der Waals surface area contributed by atoms with Crippen LogP contribution < -0.4 is 10.6 Å². The number of hydrogen-bond donors (Lipinski definition) is 2. The van der Waals surface area contributed by atoms with E-state index in [2.05, 4.69) is 57.4 Å². The van der Waals surface area contributed by atoms with Crippen molar-refractivity contribution < 1.29 is 4.74 Å². The van der Waals surface area contributed by atoms with E-state index >= 15 is 0 Å². The largest absolute Gasteiger partial charge is 0.382 e.